The molecule has 5 aliphatic rings. The Bertz CT molecular complexity index is 1240. The molecule has 1 saturated heterocycles. The van der Waals surface area contributed by atoms with Gasteiger partial charge >= 0.3 is 0 Å². The normalized spacial score (nSPS) is 46.1. The largest absolute Gasteiger partial charge is 0.394 e. The number of carbonyl (C=O) groups excluding carboxylic acids is 1. The van der Waals surface area contributed by atoms with Crippen LogP contribution in [0.1, 0.15) is 107 Å². The number of hydrogen-bond acceptors (Lipinski definition) is 10. The lowest BCUT2D eigenvalue weighted by Gasteiger charge is -2.64. The zero-order valence-electron chi connectivity index (χ0n) is 29.5. The maximum atomic E-state index is 14.5. The molecule has 5 rings (SSSR count). The van der Waals surface area contributed by atoms with Gasteiger partial charge in [-0.1, -0.05) is 39.3 Å². The van der Waals surface area contributed by atoms with Crippen LogP contribution in [0.25, 0.3) is 0 Å². The first-order chi connectivity index (χ1) is 21.7. The number of nitro groups is 1. The molecule has 11 heteroatoms. The van der Waals surface area contributed by atoms with Gasteiger partial charge in [0.1, 0.15) is 30.2 Å². The highest BCUT2D eigenvalue weighted by Gasteiger charge is 2.70. The Morgan fingerprint density at radius 1 is 1.04 bits per heavy atom. The first-order valence-corrected chi connectivity index (χ1v) is 17.7. The molecule has 14 atom stereocenters. The average Bonchev–Trinajstić information content (AvgIpc) is 3.24. The SMILES string of the molecule is C[C@H](CC[C@@H](O[C@@H]1O[C@H](CO)[C@@H](O)[C@H](O)[C@H]1O)C(C)(C)O)C1CC[C@@]2(C)C3CC=C4C(CC[C@H]([N+](=O)[O-])C4(C)C)[C@]3(C)C(=O)C[C@]12C. The van der Waals surface area contributed by atoms with E-state index in [-0.39, 0.29) is 45.2 Å². The second kappa shape index (κ2) is 12.4. The summed E-state index contributed by atoms with van der Waals surface area (Å²) in [5.74, 6) is 0.890. The monoisotopic (exact) mass is 665 g/mol. The lowest BCUT2D eigenvalue weighted by molar-refractivity contribution is -0.542. The molecule has 4 fully saturated rings. The maximum absolute atomic E-state index is 14.5. The van der Waals surface area contributed by atoms with Crippen molar-refractivity contribution in [3.63, 3.8) is 0 Å². The van der Waals surface area contributed by atoms with Crippen molar-refractivity contribution in [1.29, 1.82) is 0 Å². The Hall–Kier alpha value is -1.47. The summed E-state index contributed by atoms with van der Waals surface area (Å²) in [6.07, 6.45) is -0.119. The van der Waals surface area contributed by atoms with E-state index in [1.54, 1.807) is 13.8 Å². The van der Waals surface area contributed by atoms with E-state index in [4.69, 9.17) is 9.47 Å². The van der Waals surface area contributed by atoms with Gasteiger partial charge in [-0.05, 0) is 101 Å². The van der Waals surface area contributed by atoms with Gasteiger partial charge in [0.2, 0.25) is 6.04 Å². The zero-order chi connectivity index (χ0) is 35.1. The predicted octanol–water partition coefficient (Wildman–Crippen LogP) is 3.79. The molecule has 0 bridgehead atoms. The molecule has 0 aromatic rings. The second-order valence-electron chi connectivity index (χ2n) is 17.5. The molecule has 1 aliphatic heterocycles. The number of carbonyl (C=O) groups is 1. The molecular formula is C36H59NO10. The van der Waals surface area contributed by atoms with Crippen LogP contribution in [0, 0.1) is 55.4 Å². The van der Waals surface area contributed by atoms with Crippen LogP contribution < -0.4 is 0 Å². The van der Waals surface area contributed by atoms with Gasteiger partial charge in [-0.3, -0.25) is 14.9 Å². The van der Waals surface area contributed by atoms with Crippen molar-refractivity contribution in [2.75, 3.05) is 6.61 Å². The Balaban J connectivity index is 1.34. The number of allylic oxidation sites excluding steroid dienone is 1. The van der Waals surface area contributed by atoms with E-state index in [0.717, 1.165) is 24.8 Å². The molecule has 3 saturated carbocycles. The summed E-state index contributed by atoms with van der Waals surface area (Å²) < 4.78 is 11.7. The first-order valence-electron chi connectivity index (χ1n) is 17.7. The Kier molecular flexibility index (Phi) is 9.70. The van der Waals surface area contributed by atoms with Gasteiger partial charge in [-0.25, -0.2) is 0 Å². The number of aliphatic hydroxyl groups excluding tert-OH is 4. The summed E-state index contributed by atoms with van der Waals surface area (Å²) >= 11 is 0. The van der Waals surface area contributed by atoms with Crippen LogP contribution in [0.15, 0.2) is 11.6 Å². The lowest BCUT2D eigenvalue weighted by atomic mass is 9.38. The van der Waals surface area contributed by atoms with Crippen molar-refractivity contribution in [2.45, 2.75) is 155 Å². The third-order valence-corrected chi connectivity index (χ3v) is 14.5. The first kappa shape index (κ1) is 36.8. The number of aliphatic hydroxyl groups is 5. The van der Waals surface area contributed by atoms with Gasteiger partial charge in [0.15, 0.2) is 6.29 Å². The van der Waals surface area contributed by atoms with Crippen molar-refractivity contribution >= 4 is 5.78 Å². The number of hydrogen-bond donors (Lipinski definition) is 5. The van der Waals surface area contributed by atoms with Gasteiger partial charge in [-0.15, -0.1) is 0 Å². The second-order valence-corrected chi connectivity index (χ2v) is 17.5. The molecule has 0 radical (unpaired) electrons. The van der Waals surface area contributed by atoms with E-state index in [2.05, 4.69) is 33.8 Å². The Labute approximate surface area is 279 Å². The topological polar surface area (TPSA) is 180 Å². The molecule has 47 heavy (non-hydrogen) atoms. The summed E-state index contributed by atoms with van der Waals surface area (Å²) in [6.45, 7) is 15.7. The predicted molar refractivity (Wildman–Crippen MR) is 173 cm³/mol. The van der Waals surface area contributed by atoms with Gasteiger partial charge in [0.05, 0.1) is 23.7 Å². The zero-order valence-corrected chi connectivity index (χ0v) is 29.5. The summed E-state index contributed by atoms with van der Waals surface area (Å²) in [4.78, 5) is 26.4. The fourth-order valence-corrected chi connectivity index (χ4v) is 11.3. The number of nitrogens with zero attached hydrogens (tertiary/aromatic N) is 1. The van der Waals surface area contributed by atoms with E-state index >= 15 is 0 Å². The van der Waals surface area contributed by atoms with Crippen molar-refractivity contribution in [2.24, 2.45) is 45.3 Å². The minimum absolute atomic E-state index is 0.0184. The fraction of sp³-hybridized carbons (Fsp3) is 0.917. The van der Waals surface area contributed by atoms with Gasteiger partial charge in [0.25, 0.3) is 0 Å². The highest BCUT2D eigenvalue weighted by Crippen LogP contribution is 2.74. The van der Waals surface area contributed by atoms with Crippen LogP contribution >= 0.6 is 0 Å². The third kappa shape index (κ3) is 5.64. The average molecular weight is 666 g/mol. The molecule has 5 N–H and O–H groups in total. The van der Waals surface area contributed by atoms with Crippen molar-refractivity contribution < 1.29 is 44.7 Å². The molecule has 11 nitrogen and oxygen atoms in total. The van der Waals surface area contributed by atoms with E-state index in [9.17, 15) is 40.4 Å². The quantitative estimate of drug-likeness (QED) is 0.138. The summed E-state index contributed by atoms with van der Waals surface area (Å²) in [7, 11) is 0. The van der Waals surface area contributed by atoms with Crippen molar-refractivity contribution in [3.8, 4) is 0 Å². The van der Waals surface area contributed by atoms with Crippen LogP contribution in [-0.2, 0) is 14.3 Å². The van der Waals surface area contributed by atoms with E-state index in [1.165, 1.54) is 0 Å². The van der Waals surface area contributed by atoms with Gasteiger partial charge < -0.3 is 35.0 Å². The third-order valence-electron chi connectivity index (χ3n) is 14.5. The van der Waals surface area contributed by atoms with Crippen molar-refractivity contribution in [1.82, 2.24) is 0 Å². The molecule has 4 aliphatic carbocycles. The van der Waals surface area contributed by atoms with E-state index < -0.39 is 65.9 Å². The van der Waals surface area contributed by atoms with Crippen LogP contribution in [0.5, 0.6) is 0 Å². The maximum Gasteiger partial charge on any atom is 0.221 e. The Morgan fingerprint density at radius 3 is 2.30 bits per heavy atom. The highest BCUT2D eigenvalue weighted by atomic mass is 16.7. The standard InChI is InChI=1S/C36H59NO10/c1-19(9-14-27(33(4,5)43)47-31-30(42)29(41)28(40)23(18-38)46-31)20-15-16-34(6)24-12-10-21-22(11-13-25(37(44)45)32(21,2)3)36(24,8)26(39)17-35(20,34)7/h10,19-20,22-25,27-31,38,40-43H,9,11-18H2,1-8H3/t19-,20?,22?,23-,24?,25+,27-,28-,29+,30-,31+,34+,35-,36+/m1/s1. The van der Waals surface area contributed by atoms with E-state index in [1.807, 2.05) is 13.8 Å². The minimum Gasteiger partial charge on any atom is -0.394 e. The number of Topliss-reactive ketones (excluding diaryl/α,β-unsaturated/α-hetero) is 1. The summed E-state index contributed by atoms with van der Waals surface area (Å²) in [6, 6.07) is -0.640. The Morgan fingerprint density at radius 2 is 1.70 bits per heavy atom. The lowest BCUT2D eigenvalue weighted by Crippen LogP contribution is -2.63. The molecular weight excluding hydrogens is 606 g/mol. The van der Waals surface area contributed by atoms with Crippen LogP contribution in [0.3, 0.4) is 0 Å². The van der Waals surface area contributed by atoms with E-state index in [0.29, 0.717) is 32.1 Å². The molecule has 0 aromatic heterocycles. The fourth-order valence-electron chi connectivity index (χ4n) is 11.3. The number of rotatable bonds is 9. The molecule has 0 spiro atoms. The molecule has 3 unspecified atom stereocenters. The molecule has 268 valence electrons. The number of fused-ring (bicyclic) bond motifs is 5. The summed E-state index contributed by atoms with van der Waals surface area (Å²) in [5.41, 5.74) is -1.70. The van der Waals surface area contributed by atoms with Gasteiger partial charge in [0, 0.05) is 23.2 Å². The molecule has 0 aromatic carbocycles. The number of ether oxygens (including phenoxy) is 2. The molecule has 1 heterocycles. The van der Waals surface area contributed by atoms with Crippen LogP contribution in [0.2, 0.25) is 0 Å². The van der Waals surface area contributed by atoms with Crippen molar-refractivity contribution in [3.05, 3.63) is 21.8 Å². The van der Waals surface area contributed by atoms with Crippen LogP contribution in [0.4, 0.5) is 0 Å². The number of ketones is 1. The summed E-state index contributed by atoms with van der Waals surface area (Å²) in [5, 5.41) is 63.6. The molecule has 0 amide bonds. The smallest absolute Gasteiger partial charge is 0.221 e. The minimum atomic E-state index is -1.57. The highest BCUT2D eigenvalue weighted by molar-refractivity contribution is 5.88. The van der Waals surface area contributed by atoms with Gasteiger partial charge in [-0.2, -0.15) is 0 Å². The van der Waals surface area contributed by atoms with Crippen LogP contribution in [-0.4, -0.2) is 91.3 Å².